The maximum Gasteiger partial charge on any atom is 0.279 e. The standard InChI is InChI=1S/C15H25N3O3S/c1-17(2)14(13-8-4-5-9-15(13)21-3)12-16-22(19,20)18-10-6-7-11-18/h4-5,8-9,14,16H,6-7,10-12H2,1-3H3/t14-/m0/s1. The average Bonchev–Trinajstić information content (AvgIpc) is 3.02. The lowest BCUT2D eigenvalue weighted by Gasteiger charge is -2.27. The van der Waals surface area contributed by atoms with Crippen molar-refractivity contribution in [3.05, 3.63) is 29.8 Å². The number of rotatable bonds is 7. The molecule has 0 aromatic heterocycles. The molecule has 1 aromatic carbocycles. The summed E-state index contributed by atoms with van der Waals surface area (Å²) in [6.45, 7) is 1.53. The summed E-state index contributed by atoms with van der Waals surface area (Å²) in [5.74, 6) is 0.765. The zero-order valence-electron chi connectivity index (χ0n) is 13.4. The van der Waals surface area contributed by atoms with Crippen LogP contribution in [0, 0.1) is 0 Å². The first-order chi connectivity index (χ1) is 10.5. The largest absolute Gasteiger partial charge is 0.496 e. The van der Waals surface area contributed by atoms with Crippen LogP contribution in [0.4, 0.5) is 0 Å². The van der Waals surface area contributed by atoms with Crippen LogP contribution < -0.4 is 9.46 Å². The minimum atomic E-state index is -3.40. The molecule has 0 spiro atoms. The number of hydrogen-bond donors (Lipinski definition) is 1. The van der Waals surface area contributed by atoms with E-state index in [1.54, 1.807) is 7.11 Å². The number of benzene rings is 1. The fraction of sp³-hybridized carbons (Fsp3) is 0.600. The minimum absolute atomic E-state index is 0.0893. The van der Waals surface area contributed by atoms with Gasteiger partial charge in [0.2, 0.25) is 0 Å². The van der Waals surface area contributed by atoms with E-state index < -0.39 is 10.2 Å². The van der Waals surface area contributed by atoms with Crippen LogP contribution >= 0.6 is 0 Å². The first kappa shape index (κ1) is 17.2. The van der Waals surface area contributed by atoms with E-state index in [1.807, 2.05) is 43.3 Å². The van der Waals surface area contributed by atoms with Crippen molar-refractivity contribution in [3.63, 3.8) is 0 Å². The quantitative estimate of drug-likeness (QED) is 0.818. The maximum atomic E-state index is 12.3. The Kier molecular flexibility index (Phi) is 5.80. The van der Waals surface area contributed by atoms with Crippen LogP contribution in [0.1, 0.15) is 24.4 Å². The highest BCUT2D eigenvalue weighted by atomic mass is 32.2. The lowest BCUT2D eigenvalue weighted by Crippen LogP contribution is -2.42. The Bertz CT molecular complexity index is 583. The fourth-order valence-corrected chi connectivity index (χ4v) is 4.01. The van der Waals surface area contributed by atoms with Crippen LogP contribution in [-0.4, -0.2) is 58.5 Å². The van der Waals surface area contributed by atoms with Crippen molar-refractivity contribution < 1.29 is 13.2 Å². The molecule has 6 nitrogen and oxygen atoms in total. The summed E-state index contributed by atoms with van der Waals surface area (Å²) < 4.78 is 34.3. The van der Waals surface area contributed by atoms with Crippen molar-refractivity contribution in [1.29, 1.82) is 0 Å². The second-order valence-electron chi connectivity index (χ2n) is 5.68. The highest BCUT2D eigenvalue weighted by molar-refractivity contribution is 7.87. The van der Waals surface area contributed by atoms with E-state index in [9.17, 15) is 8.42 Å². The molecule has 124 valence electrons. The Hall–Kier alpha value is -1.15. The molecule has 7 heteroatoms. The molecular formula is C15H25N3O3S. The molecule has 1 aromatic rings. The van der Waals surface area contributed by atoms with Crippen molar-refractivity contribution in [2.75, 3.05) is 40.8 Å². The predicted octanol–water partition coefficient (Wildman–Crippen LogP) is 1.23. The molecule has 0 radical (unpaired) electrons. The topological polar surface area (TPSA) is 61.9 Å². The van der Waals surface area contributed by atoms with Gasteiger partial charge in [0.05, 0.1) is 13.2 Å². The van der Waals surface area contributed by atoms with E-state index in [2.05, 4.69) is 4.72 Å². The predicted molar refractivity (Wildman–Crippen MR) is 87.2 cm³/mol. The third-order valence-corrected chi connectivity index (χ3v) is 5.56. The molecule has 22 heavy (non-hydrogen) atoms. The number of likely N-dealkylation sites (N-methyl/N-ethyl adjacent to an activating group) is 1. The van der Waals surface area contributed by atoms with Crippen LogP contribution in [0.5, 0.6) is 5.75 Å². The van der Waals surface area contributed by atoms with Gasteiger partial charge in [-0.05, 0) is 33.0 Å². The monoisotopic (exact) mass is 327 g/mol. The molecule has 1 N–H and O–H groups in total. The molecular weight excluding hydrogens is 302 g/mol. The van der Waals surface area contributed by atoms with E-state index in [0.29, 0.717) is 19.6 Å². The Balaban J connectivity index is 2.12. The van der Waals surface area contributed by atoms with E-state index in [-0.39, 0.29) is 6.04 Å². The maximum absolute atomic E-state index is 12.3. The first-order valence-electron chi connectivity index (χ1n) is 7.50. The molecule has 0 bridgehead atoms. The lowest BCUT2D eigenvalue weighted by molar-refractivity contribution is 0.287. The third kappa shape index (κ3) is 3.98. The van der Waals surface area contributed by atoms with Gasteiger partial charge in [-0.3, -0.25) is 0 Å². The van der Waals surface area contributed by atoms with Gasteiger partial charge >= 0.3 is 0 Å². The molecule has 2 rings (SSSR count). The van der Waals surface area contributed by atoms with Crippen molar-refractivity contribution in [2.24, 2.45) is 0 Å². The van der Waals surface area contributed by atoms with Crippen LogP contribution in [0.15, 0.2) is 24.3 Å². The number of hydrogen-bond acceptors (Lipinski definition) is 4. The van der Waals surface area contributed by atoms with Crippen molar-refractivity contribution in [1.82, 2.24) is 13.9 Å². The third-order valence-electron chi connectivity index (χ3n) is 3.99. The van der Waals surface area contributed by atoms with Crippen molar-refractivity contribution in [2.45, 2.75) is 18.9 Å². The smallest absolute Gasteiger partial charge is 0.279 e. The van der Waals surface area contributed by atoms with Crippen molar-refractivity contribution >= 4 is 10.2 Å². The number of nitrogens with zero attached hydrogens (tertiary/aromatic N) is 2. The number of ether oxygens (including phenoxy) is 1. The molecule has 1 saturated heterocycles. The molecule has 1 atom stereocenters. The molecule has 1 fully saturated rings. The summed E-state index contributed by atoms with van der Waals surface area (Å²) in [7, 11) is 2.09. The van der Waals surface area contributed by atoms with E-state index in [4.69, 9.17) is 4.74 Å². The van der Waals surface area contributed by atoms with Gasteiger partial charge in [0.15, 0.2) is 0 Å². The molecule has 1 aliphatic rings. The molecule has 1 heterocycles. The van der Waals surface area contributed by atoms with Gasteiger partial charge in [-0.25, -0.2) is 4.72 Å². The summed E-state index contributed by atoms with van der Waals surface area (Å²) in [5, 5.41) is 0. The van der Waals surface area contributed by atoms with Crippen LogP contribution in [-0.2, 0) is 10.2 Å². The summed E-state index contributed by atoms with van der Waals surface area (Å²) in [4.78, 5) is 1.99. The fourth-order valence-electron chi connectivity index (χ4n) is 2.72. The highest BCUT2D eigenvalue weighted by Gasteiger charge is 2.27. The van der Waals surface area contributed by atoms with Gasteiger partial charge in [0.1, 0.15) is 5.75 Å². The molecule has 0 unspecified atom stereocenters. The Morgan fingerprint density at radius 3 is 2.50 bits per heavy atom. The number of nitrogens with one attached hydrogen (secondary N) is 1. The summed E-state index contributed by atoms with van der Waals surface area (Å²) in [6, 6.07) is 7.61. The van der Waals surface area contributed by atoms with Gasteiger partial charge in [0.25, 0.3) is 10.2 Å². The van der Waals surface area contributed by atoms with Crippen LogP contribution in [0.2, 0.25) is 0 Å². The van der Waals surface area contributed by atoms with Crippen LogP contribution in [0.3, 0.4) is 0 Å². The zero-order chi connectivity index (χ0) is 16.2. The van der Waals surface area contributed by atoms with E-state index >= 15 is 0 Å². The molecule has 0 aliphatic carbocycles. The Labute approximate surface area is 133 Å². The van der Waals surface area contributed by atoms with Gasteiger partial charge in [-0.2, -0.15) is 12.7 Å². The molecule has 1 aliphatic heterocycles. The number of methoxy groups -OCH3 is 1. The SMILES string of the molecule is COc1ccccc1[C@H](CNS(=O)(=O)N1CCCC1)N(C)C. The minimum Gasteiger partial charge on any atom is -0.496 e. The Morgan fingerprint density at radius 1 is 1.27 bits per heavy atom. The van der Waals surface area contributed by atoms with E-state index in [1.165, 1.54) is 4.31 Å². The molecule has 0 amide bonds. The lowest BCUT2D eigenvalue weighted by atomic mass is 10.1. The first-order valence-corrected chi connectivity index (χ1v) is 8.94. The average molecular weight is 327 g/mol. The second kappa shape index (κ2) is 7.41. The summed E-state index contributed by atoms with van der Waals surface area (Å²) in [6.07, 6.45) is 1.87. The number of para-hydroxylation sites is 1. The normalized spacial score (nSPS) is 17.8. The van der Waals surface area contributed by atoms with Crippen molar-refractivity contribution in [3.8, 4) is 5.75 Å². The second-order valence-corrected chi connectivity index (χ2v) is 7.44. The van der Waals surface area contributed by atoms with Gasteiger partial charge in [-0.15, -0.1) is 0 Å². The van der Waals surface area contributed by atoms with E-state index in [0.717, 1.165) is 24.2 Å². The summed E-state index contributed by atoms with van der Waals surface area (Å²) >= 11 is 0. The molecule has 0 saturated carbocycles. The van der Waals surface area contributed by atoms with Gasteiger partial charge in [0, 0.05) is 25.2 Å². The Morgan fingerprint density at radius 2 is 1.91 bits per heavy atom. The van der Waals surface area contributed by atoms with Gasteiger partial charge < -0.3 is 9.64 Å². The van der Waals surface area contributed by atoms with Crippen LogP contribution in [0.25, 0.3) is 0 Å². The summed E-state index contributed by atoms with van der Waals surface area (Å²) in [5.41, 5.74) is 0.971. The highest BCUT2D eigenvalue weighted by Crippen LogP contribution is 2.27. The zero-order valence-corrected chi connectivity index (χ0v) is 14.3. The van der Waals surface area contributed by atoms with Gasteiger partial charge in [-0.1, -0.05) is 18.2 Å².